The SMILES string of the molecule is CC(C)N1C(=O)c2ccccc2N2C(=O)CC[C@@]21C(=O)OCC(=O)N1CCCC1. The number of carbonyl (C=O) groups is 4. The molecule has 3 aliphatic rings. The molecule has 0 unspecified atom stereocenters. The van der Waals surface area contributed by atoms with Crippen molar-refractivity contribution in [2.75, 3.05) is 24.6 Å². The van der Waals surface area contributed by atoms with Gasteiger partial charge in [0.25, 0.3) is 11.8 Å². The van der Waals surface area contributed by atoms with Gasteiger partial charge < -0.3 is 14.5 Å². The molecule has 0 radical (unpaired) electrons. The van der Waals surface area contributed by atoms with Gasteiger partial charge in [0.15, 0.2) is 6.61 Å². The highest BCUT2D eigenvalue weighted by Gasteiger charge is 2.62. The van der Waals surface area contributed by atoms with Gasteiger partial charge in [0.1, 0.15) is 0 Å². The summed E-state index contributed by atoms with van der Waals surface area (Å²) in [5.74, 6) is -1.53. The van der Waals surface area contributed by atoms with Gasteiger partial charge in [0.2, 0.25) is 11.6 Å². The Balaban J connectivity index is 1.70. The molecule has 3 amide bonds. The molecule has 4 rings (SSSR count). The number of likely N-dealkylation sites (tertiary alicyclic amines) is 1. The molecule has 0 aromatic heterocycles. The zero-order valence-electron chi connectivity index (χ0n) is 16.7. The molecule has 1 aromatic carbocycles. The van der Waals surface area contributed by atoms with Crippen molar-refractivity contribution >= 4 is 29.4 Å². The molecule has 0 aliphatic carbocycles. The van der Waals surface area contributed by atoms with Crippen molar-refractivity contribution in [2.24, 2.45) is 0 Å². The van der Waals surface area contributed by atoms with E-state index in [0.29, 0.717) is 24.3 Å². The van der Waals surface area contributed by atoms with E-state index in [0.717, 1.165) is 12.8 Å². The summed E-state index contributed by atoms with van der Waals surface area (Å²) in [6.45, 7) is 4.55. The van der Waals surface area contributed by atoms with Crippen LogP contribution in [0.4, 0.5) is 5.69 Å². The number of nitrogens with zero attached hydrogens (tertiary/aromatic N) is 3. The third-order valence-corrected chi connectivity index (χ3v) is 5.93. The summed E-state index contributed by atoms with van der Waals surface area (Å²) >= 11 is 0. The minimum absolute atomic E-state index is 0.125. The number of rotatable bonds is 4. The summed E-state index contributed by atoms with van der Waals surface area (Å²) in [5.41, 5.74) is -0.755. The number of esters is 1. The first-order valence-corrected chi connectivity index (χ1v) is 10.1. The number of para-hydroxylation sites is 1. The van der Waals surface area contributed by atoms with E-state index in [1.54, 1.807) is 43.0 Å². The second kappa shape index (κ2) is 7.17. The highest BCUT2D eigenvalue weighted by atomic mass is 16.5. The van der Waals surface area contributed by atoms with Crippen LogP contribution in [0.25, 0.3) is 0 Å². The first kappa shape index (κ1) is 19.4. The van der Waals surface area contributed by atoms with E-state index >= 15 is 0 Å². The van der Waals surface area contributed by atoms with Crippen molar-refractivity contribution in [1.29, 1.82) is 0 Å². The Hall–Kier alpha value is -2.90. The Labute approximate surface area is 169 Å². The lowest BCUT2D eigenvalue weighted by atomic mass is 9.95. The predicted molar refractivity (Wildman–Crippen MR) is 104 cm³/mol. The van der Waals surface area contributed by atoms with Gasteiger partial charge in [0.05, 0.1) is 11.3 Å². The Morgan fingerprint density at radius 2 is 1.83 bits per heavy atom. The van der Waals surface area contributed by atoms with Crippen LogP contribution >= 0.6 is 0 Å². The zero-order chi connectivity index (χ0) is 20.8. The minimum atomic E-state index is -1.55. The van der Waals surface area contributed by atoms with Gasteiger partial charge in [-0.3, -0.25) is 19.3 Å². The monoisotopic (exact) mass is 399 g/mol. The lowest BCUT2D eigenvalue weighted by Crippen LogP contribution is -2.70. The first-order valence-electron chi connectivity index (χ1n) is 10.1. The Bertz CT molecular complexity index is 877. The van der Waals surface area contributed by atoms with E-state index in [2.05, 4.69) is 0 Å². The van der Waals surface area contributed by atoms with Gasteiger partial charge in [-0.25, -0.2) is 4.79 Å². The van der Waals surface area contributed by atoms with Crippen LogP contribution < -0.4 is 4.90 Å². The molecule has 0 saturated carbocycles. The fraction of sp³-hybridized carbons (Fsp3) is 0.524. The quantitative estimate of drug-likeness (QED) is 0.717. The molecule has 1 atom stereocenters. The minimum Gasteiger partial charge on any atom is -0.452 e. The average Bonchev–Trinajstić information content (AvgIpc) is 3.35. The Morgan fingerprint density at radius 3 is 2.52 bits per heavy atom. The molecule has 2 fully saturated rings. The molecule has 3 aliphatic heterocycles. The van der Waals surface area contributed by atoms with E-state index < -0.39 is 11.6 Å². The molecule has 8 heteroatoms. The fourth-order valence-electron chi connectivity index (χ4n) is 4.67. The molecule has 0 bridgehead atoms. The fourth-order valence-corrected chi connectivity index (χ4v) is 4.67. The van der Waals surface area contributed by atoms with E-state index in [9.17, 15) is 19.2 Å². The maximum absolute atomic E-state index is 13.4. The standard InChI is InChI=1S/C21H25N3O5/c1-14(2)23-19(27)15-7-3-4-8-16(15)24-17(25)9-10-21(23,24)20(28)29-13-18(26)22-11-5-6-12-22/h3-4,7-8,14H,5-6,9-13H2,1-2H3/t21-/m0/s1. The lowest BCUT2D eigenvalue weighted by Gasteiger charge is -2.50. The van der Waals surface area contributed by atoms with Crippen LogP contribution in [0.2, 0.25) is 0 Å². The third kappa shape index (κ3) is 2.89. The maximum Gasteiger partial charge on any atom is 0.354 e. The van der Waals surface area contributed by atoms with Crippen LogP contribution in [0, 0.1) is 0 Å². The van der Waals surface area contributed by atoms with Crippen molar-refractivity contribution in [2.45, 2.75) is 51.2 Å². The van der Waals surface area contributed by atoms with Gasteiger partial charge in [-0.15, -0.1) is 0 Å². The third-order valence-electron chi connectivity index (χ3n) is 5.93. The summed E-state index contributed by atoms with van der Waals surface area (Å²) in [6.07, 6.45) is 2.15. The van der Waals surface area contributed by atoms with Gasteiger partial charge in [-0.1, -0.05) is 12.1 Å². The van der Waals surface area contributed by atoms with E-state index in [1.807, 2.05) is 0 Å². The average molecular weight is 399 g/mol. The van der Waals surface area contributed by atoms with Crippen molar-refractivity contribution in [3.63, 3.8) is 0 Å². The molecular formula is C21H25N3O5. The number of ether oxygens (including phenoxy) is 1. The topological polar surface area (TPSA) is 87.2 Å². The van der Waals surface area contributed by atoms with Crippen LogP contribution in [0.1, 0.15) is 49.9 Å². The molecule has 154 valence electrons. The Kier molecular flexibility index (Phi) is 4.80. The summed E-state index contributed by atoms with van der Waals surface area (Å²) in [6, 6.07) is 6.45. The number of anilines is 1. The second-order valence-corrected chi connectivity index (χ2v) is 8.00. The van der Waals surface area contributed by atoms with Gasteiger partial charge in [0, 0.05) is 32.0 Å². The molecule has 2 saturated heterocycles. The number of fused-ring (bicyclic) bond motifs is 3. The summed E-state index contributed by atoms with van der Waals surface area (Å²) < 4.78 is 5.43. The highest BCUT2D eigenvalue weighted by Crippen LogP contribution is 2.45. The summed E-state index contributed by atoms with van der Waals surface area (Å²) in [7, 11) is 0. The lowest BCUT2D eigenvalue weighted by molar-refractivity contribution is -0.162. The largest absolute Gasteiger partial charge is 0.452 e. The van der Waals surface area contributed by atoms with Crippen molar-refractivity contribution in [3.8, 4) is 0 Å². The molecule has 1 aromatic rings. The normalized spacial score (nSPS) is 23.5. The number of benzene rings is 1. The van der Waals surface area contributed by atoms with Crippen molar-refractivity contribution in [1.82, 2.24) is 9.80 Å². The molecule has 8 nitrogen and oxygen atoms in total. The van der Waals surface area contributed by atoms with Crippen LogP contribution in [-0.2, 0) is 19.1 Å². The van der Waals surface area contributed by atoms with Crippen molar-refractivity contribution < 1.29 is 23.9 Å². The van der Waals surface area contributed by atoms with Gasteiger partial charge >= 0.3 is 5.97 Å². The number of hydrogen-bond donors (Lipinski definition) is 0. The molecule has 0 N–H and O–H groups in total. The molecular weight excluding hydrogens is 374 g/mol. The van der Waals surface area contributed by atoms with E-state index in [-0.39, 0.29) is 43.2 Å². The number of carbonyl (C=O) groups excluding carboxylic acids is 4. The molecule has 29 heavy (non-hydrogen) atoms. The number of amides is 3. The smallest absolute Gasteiger partial charge is 0.354 e. The summed E-state index contributed by atoms with van der Waals surface area (Å²) in [4.78, 5) is 56.3. The van der Waals surface area contributed by atoms with E-state index in [4.69, 9.17) is 4.74 Å². The van der Waals surface area contributed by atoms with Crippen LogP contribution in [0.3, 0.4) is 0 Å². The van der Waals surface area contributed by atoms with Crippen LogP contribution in [-0.4, -0.2) is 64.9 Å². The van der Waals surface area contributed by atoms with Crippen molar-refractivity contribution in [3.05, 3.63) is 29.8 Å². The van der Waals surface area contributed by atoms with Gasteiger partial charge in [-0.05, 0) is 38.8 Å². The van der Waals surface area contributed by atoms with Crippen LogP contribution in [0.15, 0.2) is 24.3 Å². The predicted octanol–water partition coefficient (Wildman–Crippen LogP) is 1.54. The molecule has 0 spiro atoms. The Morgan fingerprint density at radius 1 is 1.14 bits per heavy atom. The second-order valence-electron chi connectivity index (χ2n) is 8.00. The summed E-state index contributed by atoms with van der Waals surface area (Å²) in [5, 5.41) is 0. The van der Waals surface area contributed by atoms with Gasteiger partial charge in [-0.2, -0.15) is 0 Å². The maximum atomic E-state index is 13.4. The zero-order valence-corrected chi connectivity index (χ0v) is 16.7. The molecule has 3 heterocycles. The highest BCUT2D eigenvalue weighted by molar-refractivity contribution is 6.15. The van der Waals surface area contributed by atoms with E-state index in [1.165, 1.54) is 9.80 Å². The van der Waals surface area contributed by atoms with Crippen LogP contribution in [0.5, 0.6) is 0 Å². The number of hydrogen-bond acceptors (Lipinski definition) is 5. The first-order chi connectivity index (χ1) is 13.9.